The zero-order valence-electron chi connectivity index (χ0n) is 24.7. The van der Waals surface area contributed by atoms with Gasteiger partial charge in [-0.2, -0.15) is 4.31 Å². The van der Waals surface area contributed by atoms with E-state index in [1.807, 2.05) is 13.8 Å². The molecule has 3 heterocycles. The minimum atomic E-state index is -3.38. The smallest absolute Gasteiger partial charge is 0.316 e. The number of nitrogens with two attached hydrogens (primary N) is 1. The zero-order valence-corrected chi connectivity index (χ0v) is 26.3. The molecule has 1 aromatic heterocycles. The Morgan fingerprint density at radius 2 is 1.91 bits per heavy atom. The summed E-state index contributed by atoms with van der Waals surface area (Å²) in [5.74, 6) is -1.54. The molecular weight excluding hydrogens is 607 g/mol. The quantitative estimate of drug-likeness (QED) is 0.302. The highest BCUT2D eigenvalue weighted by atomic mass is 35.5. The first kappa shape index (κ1) is 32.2. The summed E-state index contributed by atoms with van der Waals surface area (Å²) in [6.07, 6.45) is 5.09. The standard InChI is InChI=1S/C31H38ClFN6O4S/c1-19(2)43-31-36-15-21(16-37-31)28(20-8-10-22(32)11-9-20)29(34)30(40)38-27-7-3-6-26(33)25(27)13-12-24-17-35-23-5-4-14-44(41,42)39(24)18-23/h3,6-11,15-16,19,23-24,28-29,35H,4-5,12-14,17-18,34H2,1-2H3,(H,38,40). The number of fused-ring (bicyclic) bond motifs is 2. The van der Waals surface area contributed by atoms with Crippen molar-refractivity contribution >= 4 is 33.2 Å². The predicted octanol–water partition coefficient (Wildman–Crippen LogP) is 3.85. The third-order valence-electron chi connectivity index (χ3n) is 8.11. The molecule has 0 spiro atoms. The molecule has 44 heavy (non-hydrogen) atoms. The summed E-state index contributed by atoms with van der Waals surface area (Å²) in [5.41, 5.74) is 8.50. The molecule has 5 rings (SSSR count). The third-order valence-corrected chi connectivity index (χ3v) is 10.3. The van der Waals surface area contributed by atoms with Crippen molar-refractivity contribution in [1.82, 2.24) is 19.6 Å². The van der Waals surface area contributed by atoms with Crippen LogP contribution in [0.4, 0.5) is 10.1 Å². The third kappa shape index (κ3) is 7.55. The summed E-state index contributed by atoms with van der Waals surface area (Å²) in [5, 5.41) is 6.80. The second kappa shape index (κ2) is 13.9. The van der Waals surface area contributed by atoms with Gasteiger partial charge in [-0.05, 0) is 74.9 Å². The van der Waals surface area contributed by atoms with Gasteiger partial charge in [-0.1, -0.05) is 29.8 Å². The highest BCUT2D eigenvalue weighted by Crippen LogP contribution is 2.31. The summed E-state index contributed by atoms with van der Waals surface area (Å²) < 4.78 is 48.1. The summed E-state index contributed by atoms with van der Waals surface area (Å²) in [6, 6.07) is 10.4. The van der Waals surface area contributed by atoms with Crippen LogP contribution < -0.4 is 21.1 Å². The molecule has 4 N–H and O–H groups in total. The average Bonchev–Trinajstić information content (AvgIpc) is 3.10. The van der Waals surface area contributed by atoms with Crippen molar-refractivity contribution < 1.29 is 22.3 Å². The number of hydrogen-bond acceptors (Lipinski definition) is 8. The fourth-order valence-corrected chi connectivity index (χ4v) is 7.82. The van der Waals surface area contributed by atoms with E-state index < -0.39 is 33.7 Å². The predicted molar refractivity (Wildman–Crippen MR) is 168 cm³/mol. The van der Waals surface area contributed by atoms with E-state index in [2.05, 4.69) is 20.6 Å². The number of anilines is 1. The molecule has 2 fully saturated rings. The number of hydrogen-bond donors (Lipinski definition) is 3. The van der Waals surface area contributed by atoms with Crippen molar-refractivity contribution in [2.24, 2.45) is 5.73 Å². The van der Waals surface area contributed by atoms with Gasteiger partial charge in [0, 0.05) is 59.8 Å². The van der Waals surface area contributed by atoms with Gasteiger partial charge in [0.15, 0.2) is 0 Å². The van der Waals surface area contributed by atoms with E-state index in [9.17, 15) is 13.2 Å². The Bertz CT molecular complexity index is 1560. The SMILES string of the molecule is CC(C)Oc1ncc(C(c2ccc(Cl)cc2)C(N)C(=O)Nc2cccc(F)c2CCC2CNC3CCCS(=O)(=O)N2C3)cn1. The summed E-state index contributed by atoms with van der Waals surface area (Å²) in [6.45, 7) is 4.65. The minimum absolute atomic E-state index is 0.110. The molecule has 0 saturated carbocycles. The van der Waals surface area contributed by atoms with E-state index in [0.29, 0.717) is 42.1 Å². The number of sulfonamides is 1. The molecule has 236 valence electrons. The summed E-state index contributed by atoms with van der Waals surface area (Å²) >= 11 is 6.12. The Labute approximate surface area is 262 Å². The van der Waals surface area contributed by atoms with Gasteiger partial charge in [-0.25, -0.2) is 22.8 Å². The fourth-order valence-electron chi connectivity index (χ4n) is 5.89. The lowest BCUT2D eigenvalue weighted by molar-refractivity contribution is -0.117. The van der Waals surface area contributed by atoms with Crippen LogP contribution in [0.5, 0.6) is 6.01 Å². The number of halogens is 2. The monoisotopic (exact) mass is 644 g/mol. The van der Waals surface area contributed by atoms with E-state index in [0.717, 1.165) is 12.0 Å². The number of carbonyl (C=O) groups is 1. The molecule has 5 unspecified atom stereocenters. The lowest BCUT2D eigenvalue weighted by atomic mass is 9.86. The molecule has 3 aromatic rings. The Morgan fingerprint density at radius 1 is 1.18 bits per heavy atom. The van der Waals surface area contributed by atoms with Crippen LogP contribution >= 0.6 is 11.6 Å². The molecule has 0 aliphatic carbocycles. The van der Waals surface area contributed by atoms with Crippen LogP contribution in [0.3, 0.4) is 0 Å². The molecular formula is C31H38ClFN6O4S. The molecule has 2 bridgehead atoms. The maximum Gasteiger partial charge on any atom is 0.316 e. The van der Waals surface area contributed by atoms with Gasteiger partial charge >= 0.3 is 6.01 Å². The van der Waals surface area contributed by atoms with Crippen LogP contribution in [0.15, 0.2) is 54.9 Å². The highest BCUT2D eigenvalue weighted by Gasteiger charge is 2.38. The Balaban J connectivity index is 1.36. The number of aromatic nitrogens is 2. The lowest BCUT2D eigenvalue weighted by Crippen LogP contribution is -2.57. The van der Waals surface area contributed by atoms with Crippen LogP contribution in [0.25, 0.3) is 0 Å². The normalized spacial score (nSPS) is 22.5. The number of amides is 1. The van der Waals surface area contributed by atoms with Gasteiger partial charge in [0.25, 0.3) is 0 Å². The number of benzene rings is 2. The molecule has 1 amide bonds. The summed E-state index contributed by atoms with van der Waals surface area (Å²) in [7, 11) is -3.38. The number of rotatable bonds is 10. The van der Waals surface area contributed by atoms with Crippen LogP contribution in [-0.2, 0) is 21.2 Å². The Hall–Kier alpha value is -3.16. The molecule has 5 atom stereocenters. The van der Waals surface area contributed by atoms with Crippen molar-refractivity contribution in [3.63, 3.8) is 0 Å². The maximum atomic E-state index is 15.2. The largest absolute Gasteiger partial charge is 0.461 e. The Morgan fingerprint density at radius 3 is 2.61 bits per heavy atom. The van der Waals surface area contributed by atoms with Gasteiger partial charge in [-0.3, -0.25) is 4.79 Å². The first-order valence-electron chi connectivity index (χ1n) is 14.8. The second-order valence-corrected chi connectivity index (χ2v) is 14.1. The van der Waals surface area contributed by atoms with Crippen LogP contribution in [-0.4, -0.2) is 71.7 Å². The van der Waals surface area contributed by atoms with Crippen molar-refractivity contribution in [2.75, 3.05) is 24.2 Å². The van der Waals surface area contributed by atoms with Gasteiger partial charge < -0.3 is 21.1 Å². The van der Waals surface area contributed by atoms with E-state index in [1.54, 1.807) is 47.0 Å². The number of piperazine rings is 1. The minimum Gasteiger partial charge on any atom is -0.461 e. The van der Waals surface area contributed by atoms with Crippen molar-refractivity contribution in [2.45, 2.75) is 69.7 Å². The number of ether oxygens (including phenoxy) is 1. The number of nitrogens with zero attached hydrogens (tertiary/aromatic N) is 3. The molecule has 10 nitrogen and oxygen atoms in total. The van der Waals surface area contributed by atoms with Crippen LogP contribution in [0.2, 0.25) is 5.02 Å². The van der Waals surface area contributed by atoms with Crippen LogP contribution in [0.1, 0.15) is 55.7 Å². The van der Waals surface area contributed by atoms with E-state index >= 15 is 4.39 Å². The van der Waals surface area contributed by atoms with Crippen LogP contribution in [0, 0.1) is 5.82 Å². The fraction of sp³-hybridized carbons (Fsp3) is 0.452. The first-order valence-corrected chi connectivity index (χ1v) is 16.8. The lowest BCUT2D eigenvalue weighted by Gasteiger charge is -2.37. The second-order valence-electron chi connectivity index (χ2n) is 11.6. The van der Waals surface area contributed by atoms with Crippen molar-refractivity contribution in [3.8, 4) is 6.01 Å². The average molecular weight is 645 g/mol. The molecule has 0 radical (unpaired) electrons. The topological polar surface area (TPSA) is 140 Å². The Kier molecular flexibility index (Phi) is 10.2. The van der Waals surface area contributed by atoms with Crippen molar-refractivity contribution in [1.29, 1.82) is 0 Å². The van der Waals surface area contributed by atoms with Gasteiger partial charge in [0.2, 0.25) is 15.9 Å². The van der Waals surface area contributed by atoms with E-state index in [-0.39, 0.29) is 42.1 Å². The van der Waals surface area contributed by atoms with Crippen molar-refractivity contribution in [3.05, 3.63) is 82.4 Å². The molecule has 2 saturated heterocycles. The maximum absolute atomic E-state index is 15.2. The van der Waals surface area contributed by atoms with E-state index in [1.165, 1.54) is 12.1 Å². The number of carbonyl (C=O) groups excluding carboxylic acids is 1. The van der Waals surface area contributed by atoms with Gasteiger partial charge in [0.1, 0.15) is 5.82 Å². The molecule has 2 aliphatic heterocycles. The van der Waals surface area contributed by atoms with Gasteiger partial charge in [0.05, 0.1) is 17.9 Å². The summed E-state index contributed by atoms with van der Waals surface area (Å²) in [4.78, 5) is 22.3. The molecule has 2 aromatic carbocycles. The first-order chi connectivity index (χ1) is 21.0. The molecule has 13 heteroatoms. The highest BCUT2D eigenvalue weighted by molar-refractivity contribution is 7.89. The van der Waals surface area contributed by atoms with Gasteiger partial charge in [-0.15, -0.1) is 0 Å². The number of nitrogens with one attached hydrogen (secondary N) is 2. The molecule has 2 aliphatic rings. The van der Waals surface area contributed by atoms with E-state index in [4.69, 9.17) is 22.1 Å². The zero-order chi connectivity index (χ0) is 31.4.